The summed E-state index contributed by atoms with van der Waals surface area (Å²) < 4.78 is 27.4. The van der Waals surface area contributed by atoms with Gasteiger partial charge in [-0.25, -0.2) is 8.78 Å². The number of benzene rings is 1. The third-order valence-electron chi connectivity index (χ3n) is 3.99. The molecule has 2 unspecified atom stereocenters. The minimum atomic E-state index is -0.639. The summed E-state index contributed by atoms with van der Waals surface area (Å²) in [6.07, 6.45) is 0.880. The van der Waals surface area contributed by atoms with Crippen LogP contribution in [0.3, 0.4) is 0 Å². The van der Waals surface area contributed by atoms with Gasteiger partial charge in [-0.3, -0.25) is 0 Å². The average molecular weight is 303 g/mol. The molecule has 0 saturated carbocycles. The van der Waals surface area contributed by atoms with Crippen LogP contribution in [0.25, 0.3) is 0 Å². The summed E-state index contributed by atoms with van der Waals surface area (Å²) in [5.41, 5.74) is 0.326. The molecule has 2 nitrogen and oxygen atoms in total. The van der Waals surface area contributed by atoms with Crippen LogP contribution in [0.1, 0.15) is 27.2 Å². The van der Waals surface area contributed by atoms with Crippen molar-refractivity contribution in [3.05, 3.63) is 28.8 Å². The van der Waals surface area contributed by atoms with E-state index in [2.05, 4.69) is 26.1 Å². The van der Waals surface area contributed by atoms with E-state index in [4.69, 9.17) is 11.6 Å². The molecule has 1 fully saturated rings. The van der Waals surface area contributed by atoms with Crippen molar-refractivity contribution >= 4 is 17.3 Å². The summed E-state index contributed by atoms with van der Waals surface area (Å²) in [6, 6.07) is 2.53. The summed E-state index contributed by atoms with van der Waals surface area (Å²) in [5, 5.41) is 3.63. The van der Waals surface area contributed by atoms with Crippen LogP contribution in [0.2, 0.25) is 5.02 Å². The Kier molecular flexibility index (Phi) is 4.86. The molecule has 112 valence electrons. The number of nitrogens with one attached hydrogen (secondary N) is 1. The van der Waals surface area contributed by atoms with Gasteiger partial charge in [-0.1, -0.05) is 32.4 Å². The molecule has 0 aliphatic carbocycles. The van der Waals surface area contributed by atoms with E-state index < -0.39 is 11.6 Å². The second-order valence-corrected chi connectivity index (χ2v) is 6.10. The Bertz CT molecular complexity index is 456. The molecule has 1 aliphatic heterocycles. The zero-order valence-corrected chi connectivity index (χ0v) is 12.8. The molecular formula is C15H21ClF2N2. The Morgan fingerprint density at radius 3 is 2.65 bits per heavy atom. The maximum atomic E-state index is 14.1. The van der Waals surface area contributed by atoms with Gasteiger partial charge < -0.3 is 10.2 Å². The Hall–Kier alpha value is -0.870. The number of rotatable bonds is 3. The fraction of sp³-hybridized carbons (Fsp3) is 0.600. The topological polar surface area (TPSA) is 15.3 Å². The standard InChI is InChI=1S/C15H21ClF2N2/c1-4-11-7-19-14(9(2)3)8-20(11)15-12(16)5-10(17)6-13(15)18/h5-6,9,11,14,19H,4,7-8H2,1-3H3. The van der Waals surface area contributed by atoms with Crippen molar-refractivity contribution in [1.82, 2.24) is 5.32 Å². The highest BCUT2D eigenvalue weighted by Gasteiger charge is 2.31. The lowest BCUT2D eigenvalue weighted by Crippen LogP contribution is -2.58. The van der Waals surface area contributed by atoms with Gasteiger partial charge in [-0.2, -0.15) is 0 Å². The van der Waals surface area contributed by atoms with E-state index in [0.29, 0.717) is 18.2 Å². The highest BCUT2D eigenvalue weighted by Crippen LogP contribution is 2.33. The molecule has 1 saturated heterocycles. The highest BCUT2D eigenvalue weighted by atomic mass is 35.5. The third kappa shape index (κ3) is 3.07. The summed E-state index contributed by atoms with van der Waals surface area (Å²) >= 11 is 6.08. The quantitative estimate of drug-likeness (QED) is 0.913. The number of hydrogen-bond acceptors (Lipinski definition) is 2. The lowest BCUT2D eigenvalue weighted by Gasteiger charge is -2.43. The molecule has 1 aromatic rings. The van der Waals surface area contributed by atoms with Crippen LogP contribution in [-0.4, -0.2) is 25.2 Å². The first-order valence-corrected chi connectivity index (χ1v) is 7.46. The summed E-state index contributed by atoms with van der Waals surface area (Å²) in [5.74, 6) is -0.782. The van der Waals surface area contributed by atoms with Gasteiger partial charge in [0.15, 0.2) is 5.82 Å². The molecule has 0 spiro atoms. The van der Waals surface area contributed by atoms with Gasteiger partial charge in [0.05, 0.1) is 10.7 Å². The molecule has 0 amide bonds. The van der Waals surface area contributed by atoms with Crippen LogP contribution in [-0.2, 0) is 0 Å². The van der Waals surface area contributed by atoms with E-state index in [1.807, 2.05) is 4.90 Å². The second-order valence-electron chi connectivity index (χ2n) is 5.69. The fourth-order valence-corrected chi connectivity index (χ4v) is 3.02. The van der Waals surface area contributed by atoms with Gasteiger partial charge in [-0.15, -0.1) is 0 Å². The number of hydrogen-bond donors (Lipinski definition) is 1. The van der Waals surface area contributed by atoms with Crippen molar-refractivity contribution in [3.63, 3.8) is 0 Å². The molecule has 1 aromatic carbocycles. The molecule has 1 heterocycles. The normalized spacial score (nSPS) is 23.4. The first kappa shape index (κ1) is 15.5. The Balaban J connectivity index is 2.36. The molecule has 1 aliphatic rings. The molecule has 0 radical (unpaired) electrons. The third-order valence-corrected chi connectivity index (χ3v) is 4.28. The number of halogens is 3. The smallest absolute Gasteiger partial charge is 0.150 e. The van der Waals surface area contributed by atoms with Crippen LogP contribution in [0.5, 0.6) is 0 Å². The second kappa shape index (κ2) is 6.27. The molecule has 5 heteroatoms. The van der Waals surface area contributed by atoms with Gasteiger partial charge in [0.2, 0.25) is 0 Å². The van der Waals surface area contributed by atoms with Crippen molar-refractivity contribution in [2.45, 2.75) is 39.3 Å². The van der Waals surface area contributed by atoms with Gasteiger partial charge >= 0.3 is 0 Å². The maximum Gasteiger partial charge on any atom is 0.150 e. The molecular weight excluding hydrogens is 282 g/mol. The predicted molar refractivity (Wildman–Crippen MR) is 79.4 cm³/mol. The molecule has 2 atom stereocenters. The van der Waals surface area contributed by atoms with Crippen LogP contribution in [0, 0.1) is 17.6 Å². The fourth-order valence-electron chi connectivity index (χ4n) is 2.72. The van der Waals surface area contributed by atoms with Gasteiger partial charge in [0, 0.05) is 31.2 Å². The molecule has 2 rings (SSSR count). The minimum Gasteiger partial charge on any atom is -0.362 e. The van der Waals surface area contributed by atoms with E-state index in [1.165, 1.54) is 6.07 Å². The Labute approximate surface area is 124 Å². The van der Waals surface area contributed by atoms with E-state index in [0.717, 1.165) is 19.0 Å². The van der Waals surface area contributed by atoms with Crippen molar-refractivity contribution in [1.29, 1.82) is 0 Å². The van der Waals surface area contributed by atoms with E-state index in [-0.39, 0.29) is 17.1 Å². The summed E-state index contributed by atoms with van der Waals surface area (Å²) in [6.45, 7) is 7.78. The number of nitrogens with zero attached hydrogens (tertiary/aromatic N) is 1. The summed E-state index contributed by atoms with van der Waals surface area (Å²) in [4.78, 5) is 1.98. The monoisotopic (exact) mass is 302 g/mol. The maximum absolute atomic E-state index is 14.1. The van der Waals surface area contributed by atoms with Crippen molar-refractivity contribution < 1.29 is 8.78 Å². The largest absolute Gasteiger partial charge is 0.362 e. The Morgan fingerprint density at radius 1 is 1.40 bits per heavy atom. The first-order chi connectivity index (χ1) is 9.43. The number of piperazine rings is 1. The van der Waals surface area contributed by atoms with Gasteiger partial charge in [0.1, 0.15) is 5.82 Å². The first-order valence-electron chi connectivity index (χ1n) is 7.08. The number of anilines is 1. The van der Waals surface area contributed by atoms with E-state index >= 15 is 0 Å². The van der Waals surface area contributed by atoms with Gasteiger partial charge in [-0.05, 0) is 18.4 Å². The van der Waals surface area contributed by atoms with Gasteiger partial charge in [0.25, 0.3) is 0 Å². The molecule has 20 heavy (non-hydrogen) atoms. The minimum absolute atomic E-state index is 0.144. The zero-order chi connectivity index (χ0) is 14.9. The average Bonchev–Trinajstić information content (AvgIpc) is 2.37. The van der Waals surface area contributed by atoms with Crippen molar-refractivity contribution in [3.8, 4) is 0 Å². The van der Waals surface area contributed by atoms with Crippen molar-refractivity contribution in [2.75, 3.05) is 18.0 Å². The summed E-state index contributed by atoms with van der Waals surface area (Å²) in [7, 11) is 0. The van der Waals surface area contributed by atoms with E-state index in [9.17, 15) is 8.78 Å². The predicted octanol–water partition coefficient (Wildman–Crippen LogP) is 3.83. The Morgan fingerprint density at radius 2 is 2.10 bits per heavy atom. The molecule has 0 bridgehead atoms. The van der Waals surface area contributed by atoms with Crippen LogP contribution >= 0.6 is 11.6 Å². The lowest BCUT2D eigenvalue weighted by molar-refractivity contribution is 0.323. The highest BCUT2D eigenvalue weighted by molar-refractivity contribution is 6.33. The van der Waals surface area contributed by atoms with E-state index in [1.54, 1.807) is 0 Å². The van der Waals surface area contributed by atoms with Crippen molar-refractivity contribution in [2.24, 2.45) is 5.92 Å². The molecule has 1 N–H and O–H groups in total. The zero-order valence-electron chi connectivity index (χ0n) is 12.1. The van der Waals surface area contributed by atoms with Crippen LogP contribution in [0.4, 0.5) is 14.5 Å². The molecule has 0 aromatic heterocycles. The lowest BCUT2D eigenvalue weighted by atomic mass is 9.97. The SMILES string of the molecule is CCC1CNC(C(C)C)CN1c1c(F)cc(F)cc1Cl. The van der Waals surface area contributed by atoms with Crippen LogP contribution < -0.4 is 10.2 Å². The van der Waals surface area contributed by atoms with Crippen LogP contribution in [0.15, 0.2) is 12.1 Å².